The largest absolute Gasteiger partial charge is 0.466 e. The van der Waals surface area contributed by atoms with Crippen LogP contribution in [-0.4, -0.2) is 41.7 Å². The number of carbonyl (C=O) groups is 1. The number of ether oxygens (including phenoxy) is 1. The number of aryl methyl sites for hydroxylation is 3. The average molecular weight is 394 g/mol. The van der Waals surface area contributed by atoms with Gasteiger partial charge in [-0.2, -0.15) is 10.1 Å². The van der Waals surface area contributed by atoms with E-state index in [1.165, 1.54) is 6.33 Å². The van der Waals surface area contributed by atoms with Crippen molar-refractivity contribution >= 4 is 22.8 Å². The lowest BCUT2D eigenvalue weighted by molar-refractivity contribution is -0.143. The Kier molecular flexibility index (Phi) is 5.11. The smallest absolute Gasteiger partial charge is 0.326 e. The normalized spacial score (nSPS) is 11.4. The second-order valence-electron chi connectivity index (χ2n) is 6.91. The number of rotatable bonds is 7. The second kappa shape index (κ2) is 7.86. The molecule has 9 nitrogen and oxygen atoms in total. The highest BCUT2D eigenvalue weighted by Gasteiger charge is 2.13. The third-order valence-corrected chi connectivity index (χ3v) is 5.04. The number of imidazole rings is 1. The second-order valence-corrected chi connectivity index (χ2v) is 6.91. The van der Waals surface area contributed by atoms with Crippen molar-refractivity contribution in [3.63, 3.8) is 0 Å². The Labute approximate surface area is 166 Å². The van der Waals surface area contributed by atoms with Gasteiger partial charge in [0.25, 0.3) is 5.78 Å². The van der Waals surface area contributed by atoms with E-state index in [0.717, 1.165) is 28.0 Å². The van der Waals surface area contributed by atoms with Crippen LogP contribution in [0.4, 0.5) is 0 Å². The lowest BCUT2D eigenvalue weighted by atomic mass is 10.1. The molecule has 4 rings (SSSR count). The zero-order valence-electron chi connectivity index (χ0n) is 16.4. The zero-order valence-corrected chi connectivity index (χ0v) is 16.4. The van der Waals surface area contributed by atoms with Crippen LogP contribution in [0.2, 0.25) is 0 Å². The third kappa shape index (κ3) is 3.75. The minimum absolute atomic E-state index is 0.153. The number of fused-ring (bicyclic) bond motifs is 2. The fraction of sp³-hybridized carbons (Fsp3) is 0.350. The molecule has 0 amide bonds. The first-order chi connectivity index (χ1) is 14.0. The maximum Gasteiger partial charge on any atom is 0.326 e. The summed E-state index contributed by atoms with van der Waals surface area (Å²) in [7, 11) is 0. The van der Waals surface area contributed by atoms with Gasteiger partial charge in [0, 0.05) is 24.4 Å². The van der Waals surface area contributed by atoms with Crippen LogP contribution in [0.25, 0.3) is 16.8 Å². The quantitative estimate of drug-likeness (QED) is 0.379. The van der Waals surface area contributed by atoms with Gasteiger partial charge in [-0.05, 0) is 44.4 Å². The maximum atomic E-state index is 12.1. The summed E-state index contributed by atoms with van der Waals surface area (Å²) in [4.78, 5) is 35.5. The molecule has 150 valence electrons. The van der Waals surface area contributed by atoms with Crippen molar-refractivity contribution in [1.82, 2.24) is 29.1 Å². The Hall–Kier alpha value is -3.49. The summed E-state index contributed by atoms with van der Waals surface area (Å²) in [5.74, 6) is 0.285. The van der Waals surface area contributed by atoms with Gasteiger partial charge in [0.15, 0.2) is 0 Å². The first-order valence-corrected chi connectivity index (χ1v) is 9.53. The highest BCUT2D eigenvalue weighted by molar-refractivity contribution is 5.74. The van der Waals surface area contributed by atoms with E-state index in [1.54, 1.807) is 9.08 Å². The van der Waals surface area contributed by atoms with Crippen LogP contribution in [0.1, 0.15) is 29.8 Å². The monoisotopic (exact) mass is 394 g/mol. The van der Waals surface area contributed by atoms with Crippen LogP contribution < -0.4 is 5.69 Å². The Balaban J connectivity index is 1.30. The molecule has 0 spiro atoms. The van der Waals surface area contributed by atoms with Gasteiger partial charge in [-0.25, -0.2) is 14.3 Å². The number of esters is 1. The number of nitrogens with zero attached hydrogens (tertiary/aromatic N) is 5. The van der Waals surface area contributed by atoms with E-state index in [4.69, 9.17) is 4.74 Å². The van der Waals surface area contributed by atoms with E-state index >= 15 is 0 Å². The van der Waals surface area contributed by atoms with Gasteiger partial charge >= 0.3 is 11.7 Å². The highest BCUT2D eigenvalue weighted by atomic mass is 16.5. The first-order valence-electron chi connectivity index (χ1n) is 9.53. The topological polar surface area (TPSA) is 107 Å². The molecule has 0 aliphatic carbocycles. The number of carbonyl (C=O) groups excluding carboxylic acids is 1. The lowest BCUT2D eigenvalue weighted by Gasteiger charge is -2.10. The summed E-state index contributed by atoms with van der Waals surface area (Å²) in [6.45, 7) is 4.60. The van der Waals surface area contributed by atoms with Crippen LogP contribution in [0.15, 0.2) is 35.4 Å². The molecule has 1 aromatic carbocycles. The summed E-state index contributed by atoms with van der Waals surface area (Å²) in [6.07, 6.45) is 2.82. The predicted octanol–water partition coefficient (Wildman–Crippen LogP) is 1.95. The minimum Gasteiger partial charge on any atom is -0.466 e. The van der Waals surface area contributed by atoms with Gasteiger partial charge < -0.3 is 9.72 Å². The van der Waals surface area contributed by atoms with Crippen LogP contribution in [0.3, 0.4) is 0 Å². The number of aromatic nitrogens is 6. The molecule has 0 bridgehead atoms. The molecule has 0 radical (unpaired) electrons. The predicted molar refractivity (Wildman–Crippen MR) is 107 cm³/mol. The summed E-state index contributed by atoms with van der Waals surface area (Å²) in [6, 6.07) is 7.53. The number of H-pyrrole nitrogens is 1. The summed E-state index contributed by atoms with van der Waals surface area (Å²) in [5.41, 5.74) is 4.25. The van der Waals surface area contributed by atoms with Gasteiger partial charge in [0.05, 0.1) is 17.6 Å². The summed E-state index contributed by atoms with van der Waals surface area (Å²) < 4.78 is 8.68. The zero-order chi connectivity index (χ0) is 20.4. The Morgan fingerprint density at radius 2 is 2.07 bits per heavy atom. The number of benzene rings is 1. The molecule has 0 saturated heterocycles. The molecular formula is C20H22N6O3. The average Bonchev–Trinajstić information content (AvgIpc) is 3.29. The highest BCUT2D eigenvalue weighted by Crippen LogP contribution is 2.15. The van der Waals surface area contributed by atoms with Crippen molar-refractivity contribution in [3.05, 3.63) is 58.0 Å². The van der Waals surface area contributed by atoms with Crippen molar-refractivity contribution < 1.29 is 9.53 Å². The SMILES string of the molecule is Cc1nc2ncnn2c(C)c1CCC(=O)OCCCn1c(=O)[nH]c2ccccc21. The van der Waals surface area contributed by atoms with Crippen molar-refractivity contribution in [1.29, 1.82) is 0 Å². The fourth-order valence-electron chi connectivity index (χ4n) is 3.55. The van der Waals surface area contributed by atoms with Crippen LogP contribution in [0.5, 0.6) is 0 Å². The molecule has 0 aliphatic heterocycles. The van der Waals surface area contributed by atoms with Gasteiger partial charge in [0.1, 0.15) is 6.33 Å². The van der Waals surface area contributed by atoms with E-state index in [-0.39, 0.29) is 24.7 Å². The molecular weight excluding hydrogens is 372 g/mol. The van der Waals surface area contributed by atoms with Crippen molar-refractivity contribution in [2.45, 2.75) is 39.7 Å². The number of hydrogen-bond acceptors (Lipinski definition) is 6. The van der Waals surface area contributed by atoms with E-state index < -0.39 is 0 Å². The summed E-state index contributed by atoms with van der Waals surface area (Å²) in [5, 5.41) is 4.16. The van der Waals surface area contributed by atoms with Gasteiger partial charge in [-0.3, -0.25) is 9.36 Å². The van der Waals surface area contributed by atoms with Gasteiger partial charge in [0.2, 0.25) is 0 Å². The van der Waals surface area contributed by atoms with Crippen molar-refractivity contribution in [2.24, 2.45) is 0 Å². The molecule has 0 saturated carbocycles. The van der Waals surface area contributed by atoms with E-state index in [0.29, 0.717) is 25.2 Å². The molecule has 4 aromatic rings. The minimum atomic E-state index is -0.270. The molecule has 9 heteroatoms. The number of para-hydroxylation sites is 2. The molecule has 0 unspecified atom stereocenters. The lowest BCUT2D eigenvalue weighted by Crippen LogP contribution is -2.18. The Bertz CT molecular complexity index is 1240. The molecule has 0 atom stereocenters. The van der Waals surface area contributed by atoms with Crippen LogP contribution in [-0.2, 0) is 22.5 Å². The molecule has 3 aromatic heterocycles. The van der Waals surface area contributed by atoms with E-state index in [9.17, 15) is 9.59 Å². The standard InChI is InChI=1S/C20H22N6O3/c1-13-15(14(2)26-19(23-13)21-12-22-26)8-9-18(27)29-11-5-10-25-17-7-4-3-6-16(17)24-20(25)28/h3-4,6-7,12H,5,8-11H2,1-2H3,(H,24,28). The number of aromatic amines is 1. The third-order valence-electron chi connectivity index (χ3n) is 5.04. The number of nitrogens with one attached hydrogen (secondary N) is 1. The molecule has 29 heavy (non-hydrogen) atoms. The van der Waals surface area contributed by atoms with Crippen LogP contribution >= 0.6 is 0 Å². The maximum absolute atomic E-state index is 12.1. The van der Waals surface area contributed by atoms with Crippen LogP contribution in [0, 0.1) is 13.8 Å². The summed E-state index contributed by atoms with van der Waals surface area (Å²) >= 11 is 0. The Morgan fingerprint density at radius 1 is 1.24 bits per heavy atom. The van der Waals surface area contributed by atoms with Crippen molar-refractivity contribution in [3.8, 4) is 0 Å². The van der Waals surface area contributed by atoms with Gasteiger partial charge in [-0.15, -0.1) is 0 Å². The fourth-order valence-corrected chi connectivity index (χ4v) is 3.55. The Morgan fingerprint density at radius 3 is 2.93 bits per heavy atom. The van der Waals surface area contributed by atoms with Gasteiger partial charge in [-0.1, -0.05) is 12.1 Å². The molecule has 0 aliphatic rings. The number of hydrogen-bond donors (Lipinski definition) is 1. The molecule has 3 heterocycles. The first kappa shape index (κ1) is 18.9. The van der Waals surface area contributed by atoms with Crippen molar-refractivity contribution in [2.75, 3.05) is 6.61 Å². The molecule has 0 fully saturated rings. The molecule has 1 N–H and O–H groups in total. The van der Waals surface area contributed by atoms with E-state index in [2.05, 4.69) is 20.1 Å². The van der Waals surface area contributed by atoms with E-state index in [1.807, 2.05) is 38.1 Å².